The van der Waals surface area contributed by atoms with Crippen LogP contribution in [0, 0.1) is 10.1 Å². The Balaban J connectivity index is 2.11. The van der Waals surface area contributed by atoms with E-state index >= 15 is 0 Å². The van der Waals surface area contributed by atoms with E-state index in [-0.39, 0.29) is 5.69 Å². The van der Waals surface area contributed by atoms with Crippen molar-refractivity contribution in [2.24, 2.45) is 0 Å². The van der Waals surface area contributed by atoms with Crippen LogP contribution in [0.4, 0.5) is 11.4 Å². The Labute approximate surface area is 168 Å². The summed E-state index contributed by atoms with van der Waals surface area (Å²) >= 11 is -0.512. The fraction of sp³-hybridized carbons (Fsp3) is 0.118. The van der Waals surface area contributed by atoms with E-state index in [1.165, 1.54) is 24.3 Å². The van der Waals surface area contributed by atoms with E-state index in [0.717, 1.165) is 10.2 Å². The van der Waals surface area contributed by atoms with Crippen molar-refractivity contribution in [3.8, 4) is 0 Å². The third kappa shape index (κ3) is 6.08. The average molecular weight is 469 g/mol. The van der Waals surface area contributed by atoms with Gasteiger partial charge in [0.05, 0.1) is 0 Å². The number of nitrogens with one attached hydrogen (secondary N) is 1. The molecular weight excluding hydrogens is 455 g/mol. The van der Waals surface area contributed by atoms with Crippen LogP contribution in [-0.4, -0.2) is 52.1 Å². The van der Waals surface area contributed by atoms with Crippen molar-refractivity contribution in [2.45, 2.75) is 11.7 Å². The van der Waals surface area contributed by atoms with Gasteiger partial charge in [-0.3, -0.25) is 0 Å². The molecule has 0 heterocycles. The summed E-state index contributed by atoms with van der Waals surface area (Å²) in [6.07, 6.45) is -0.515. The van der Waals surface area contributed by atoms with Crippen LogP contribution in [0.25, 0.3) is 0 Å². The van der Waals surface area contributed by atoms with Crippen LogP contribution in [0.1, 0.15) is 16.8 Å². The molecule has 9 nitrogen and oxygen atoms in total. The predicted octanol–water partition coefficient (Wildman–Crippen LogP) is 1.75. The summed E-state index contributed by atoms with van der Waals surface area (Å²) in [6.45, 7) is 0. The van der Waals surface area contributed by atoms with Crippen molar-refractivity contribution in [2.75, 3.05) is 5.32 Å². The Hall–Kier alpha value is -2.88. The monoisotopic (exact) mass is 470 g/mol. The van der Waals surface area contributed by atoms with E-state index in [9.17, 15) is 24.5 Å². The maximum atomic E-state index is 12.6. The molecule has 28 heavy (non-hydrogen) atoms. The summed E-state index contributed by atoms with van der Waals surface area (Å²) < 4.78 is 0.607. The number of rotatable bonds is 9. The molecule has 0 saturated heterocycles. The van der Waals surface area contributed by atoms with Crippen molar-refractivity contribution in [1.29, 1.82) is 0 Å². The number of amides is 1. The Kier molecular flexibility index (Phi) is 7.56. The standard InChI is InChI=1S/C17H14N2O7SSe/c20-15(21)9-13(17(23)24)27-28-14-4-2-1-3-12(14)16(22)18-10-5-7-11(8-6-10)19(25)26/h1-8,13H,9H2,(H,18,22)(H,20,21)(H,23,24). The summed E-state index contributed by atoms with van der Waals surface area (Å²) in [5.41, 5.74) is 0.601. The van der Waals surface area contributed by atoms with Gasteiger partial charge in [-0.05, 0) is 0 Å². The molecule has 0 bridgehead atoms. The SMILES string of the molecule is O=C(O)CC(S[Se]c1ccccc1C(=O)Nc1ccc([N+](=O)[O-])cc1)C(=O)O. The van der Waals surface area contributed by atoms with Gasteiger partial charge in [0.25, 0.3) is 0 Å². The van der Waals surface area contributed by atoms with E-state index < -0.39 is 48.3 Å². The van der Waals surface area contributed by atoms with E-state index in [4.69, 9.17) is 10.2 Å². The van der Waals surface area contributed by atoms with Crippen LogP contribution in [0.5, 0.6) is 0 Å². The van der Waals surface area contributed by atoms with Crippen molar-refractivity contribution >= 4 is 57.7 Å². The molecule has 0 saturated carbocycles. The second kappa shape index (κ2) is 9.88. The molecule has 1 atom stereocenters. The van der Waals surface area contributed by atoms with E-state index in [1.807, 2.05) is 0 Å². The molecule has 1 amide bonds. The van der Waals surface area contributed by atoms with Crippen molar-refractivity contribution in [1.82, 2.24) is 0 Å². The minimum absolute atomic E-state index is 0.101. The number of nitrogens with zero attached hydrogens (tertiary/aromatic N) is 1. The normalized spacial score (nSPS) is 11.4. The van der Waals surface area contributed by atoms with Gasteiger partial charge in [-0.25, -0.2) is 0 Å². The topological polar surface area (TPSA) is 147 Å². The number of nitro groups is 1. The molecule has 0 aliphatic rings. The molecule has 0 aliphatic heterocycles. The van der Waals surface area contributed by atoms with Crippen LogP contribution >= 0.6 is 10.2 Å². The van der Waals surface area contributed by atoms with Gasteiger partial charge in [0.2, 0.25) is 0 Å². The first kappa shape index (κ1) is 21.4. The third-order valence-corrected chi connectivity index (χ3v) is 8.18. The molecule has 0 fully saturated rings. The number of hydrogen-bond acceptors (Lipinski definition) is 6. The Morgan fingerprint density at radius 2 is 1.75 bits per heavy atom. The molecule has 11 heteroatoms. The molecule has 2 rings (SSSR count). The van der Waals surface area contributed by atoms with E-state index in [1.54, 1.807) is 24.3 Å². The average Bonchev–Trinajstić information content (AvgIpc) is 2.65. The zero-order valence-electron chi connectivity index (χ0n) is 14.1. The quantitative estimate of drug-likeness (QED) is 0.286. The number of nitro benzene ring substituents is 1. The molecule has 146 valence electrons. The molecule has 1 unspecified atom stereocenters. The first-order chi connectivity index (χ1) is 13.3. The van der Waals surface area contributed by atoms with Crippen molar-refractivity contribution in [3.63, 3.8) is 0 Å². The fourth-order valence-electron chi connectivity index (χ4n) is 2.02. The maximum absolute atomic E-state index is 12.6. The Morgan fingerprint density at radius 1 is 1.11 bits per heavy atom. The summed E-state index contributed by atoms with van der Waals surface area (Å²) in [7, 11) is 0.981. The van der Waals surface area contributed by atoms with Gasteiger partial charge in [-0.15, -0.1) is 0 Å². The number of carboxylic acids is 2. The number of aliphatic carboxylic acids is 2. The summed E-state index contributed by atoms with van der Waals surface area (Å²) in [5.74, 6) is -2.88. The van der Waals surface area contributed by atoms with Gasteiger partial charge in [-0.2, -0.15) is 0 Å². The van der Waals surface area contributed by atoms with E-state index in [0.29, 0.717) is 15.7 Å². The number of non-ortho nitro benzene ring substituents is 1. The van der Waals surface area contributed by atoms with Crippen LogP contribution in [0.15, 0.2) is 48.5 Å². The second-order valence-electron chi connectivity index (χ2n) is 5.36. The van der Waals surface area contributed by atoms with Crippen LogP contribution in [-0.2, 0) is 9.59 Å². The van der Waals surface area contributed by atoms with Crippen LogP contribution < -0.4 is 9.78 Å². The number of benzene rings is 2. The molecule has 2 aromatic carbocycles. The molecule has 2 aromatic rings. The Bertz CT molecular complexity index is 905. The first-order valence-electron chi connectivity index (χ1n) is 7.70. The van der Waals surface area contributed by atoms with Crippen molar-refractivity contribution in [3.05, 3.63) is 64.2 Å². The molecular formula is C17H14N2O7SSe. The van der Waals surface area contributed by atoms with E-state index in [2.05, 4.69) is 5.32 Å². The van der Waals surface area contributed by atoms with Crippen LogP contribution in [0.3, 0.4) is 0 Å². The summed E-state index contributed by atoms with van der Waals surface area (Å²) in [5, 5.41) is 30.2. The fourth-order valence-corrected chi connectivity index (χ4v) is 6.43. The second-order valence-corrected chi connectivity index (χ2v) is 9.47. The Morgan fingerprint density at radius 3 is 2.32 bits per heavy atom. The molecule has 0 aliphatic carbocycles. The molecule has 0 aromatic heterocycles. The van der Waals surface area contributed by atoms with Gasteiger partial charge in [0.15, 0.2) is 0 Å². The number of hydrogen-bond donors (Lipinski definition) is 3. The van der Waals surface area contributed by atoms with Gasteiger partial charge in [0.1, 0.15) is 0 Å². The van der Waals surface area contributed by atoms with Gasteiger partial charge in [0, 0.05) is 0 Å². The van der Waals surface area contributed by atoms with Gasteiger partial charge in [-0.1, -0.05) is 0 Å². The molecule has 0 radical (unpaired) electrons. The number of carboxylic acid groups (broad SMARTS) is 2. The van der Waals surface area contributed by atoms with Gasteiger partial charge >= 0.3 is 168 Å². The molecule has 0 spiro atoms. The first-order valence-corrected chi connectivity index (χ1v) is 11.5. The number of carbonyl (C=O) groups excluding carboxylic acids is 1. The summed E-state index contributed by atoms with van der Waals surface area (Å²) in [4.78, 5) is 44.7. The predicted molar refractivity (Wildman–Crippen MR) is 104 cm³/mol. The number of carbonyl (C=O) groups is 3. The zero-order chi connectivity index (χ0) is 20.7. The zero-order valence-corrected chi connectivity index (χ0v) is 16.6. The third-order valence-electron chi connectivity index (χ3n) is 3.36. The van der Waals surface area contributed by atoms with Crippen LogP contribution in [0.2, 0.25) is 0 Å². The number of anilines is 1. The minimum atomic E-state index is -1.22. The molecule has 3 N–H and O–H groups in total. The van der Waals surface area contributed by atoms with Gasteiger partial charge < -0.3 is 0 Å². The summed E-state index contributed by atoms with van der Waals surface area (Å²) in [6, 6.07) is 12.0. The van der Waals surface area contributed by atoms with Crippen molar-refractivity contribution < 1.29 is 29.5 Å².